The fourth-order valence-electron chi connectivity index (χ4n) is 2.07. The normalized spacial score (nSPS) is 10.9. The van der Waals surface area contributed by atoms with E-state index in [2.05, 4.69) is 10.2 Å². The number of benzene rings is 2. The zero-order valence-corrected chi connectivity index (χ0v) is 11.1. The average molecular weight is 268 g/mol. The summed E-state index contributed by atoms with van der Waals surface area (Å²) in [7, 11) is 0. The van der Waals surface area contributed by atoms with E-state index < -0.39 is 4.92 Å². The van der Waals surface area contributed by atoms with Crippen molar-refractivity contribution < 1.29 is 4.92 Å². The standard InChI is InChI=1S/C14H12N4O2/c1-9-3-5-11(6-4-9)17-15-12-7-10(2)8-13(18(19)20)14(12)16-17/h3-8H,1-2H3. The maximum absolute atomic E-state index is 11.1. The first-order chi connectivity index (χ1) is 9.54. The maximum atomic E-state index is 11.1. The fourth-order valence-corrected chi connectivity index (χ4v) is 2.07. The molecule has 0 spiro atoms. The lowest BCUT2D eigenvalue weighted by Gasteiger charge is -1.98. The van der Waals surface area contributed by atoms with Crippen molar-refractivity contribution in [2.45, 2.75) is 13.8 Å². The molecule has 6 heteroatoms. The summed E-state index contributed by atoms with van der Waals surface area (Å²) in [6.07, 6.45) is 0. The van der Waals surface area contributed by atoms with Crippen LogP contribution in [0.25, 0.3) is 16.7 Å². The Morgan fingerprint density at radius 3 is 2.40 bits per heavy atom. The minimum atomic E-state index is -0.427. The lowest BCUT2D eigenvalue weighted by molar-refractivity contribution is -0.383. The van der Waals surface area contributed by atoms with Crippen LogP contribution in [0.15, 0.2) is 36.4 Å². The molecule has 0 atom stereocenters. The predicted molar refractivity (Wildman–Crippen MR) is 75.0 cm³/mol. The lowest BCUT2D eigenvalue weighted by Crippen LogP contribution is -1.98. The lowest BCUT2D eigenvalue weighted by atomic mass is 10.2. The van der Waals surface area contributed by atoms with Gasteiger partial charge < -0.3 is 0 Å². The number of aryl methyl sites for hydroxylation is 2. The van der Waals surface area contributed by atoms with Crippen LogP contribution < -0.4 is 0 Å². The third-order valence-corrected chi connectivity index (χ3v) is 3.07. The highest BCUT2D eigenvalue weighted by Crippen LogP contribution is 2.25. The number of hydrogen-bond acceptors (Lipinski definition) is 4. The van der Waals surface area contributed by atoms with E-state index in [1.54, 1.807) is 13.0 Å². The van der Waals surface area contributed by atoms with Crippen molar-refractivity contribution in [2.75, 3.05) is 0 Å². The van der Waals surface area contributed by atoms with Gasteiger partial charge in [-0.3, -0.25) is 10.1 Å². The summed E-state index contributed by atoms with van der Waals surface area (Å²) in [6, 6.07) is 11.0. The van der Waals surface area contributed by atoms with Crippen molar-refractivity contribution in [3.8, 4) is 5.69 Å². The summed E-state index contributed by atoms with van der Waals surface area (Å²) < 4.78 is 0. The van der Waals surface area contributed by atoms with E-state index in [1.807, 2.05) is 31.2 Å². The van der Waals surface area contributed by atoms with Crippen LogP contribution in [0.4, 0.5) is 5.69 Å². The third kappa shape index (κ3) is 2.01. The van der Waals surface area contributed by atoms with Crippen LogP contribution in [0, 0.1) is 24.0 Å². The topological polar surface area (TPSA) is 73.8 Å². The molecule has 1 aromatic heterocycles. The van der Waals surface area contributed by atoms with Gasteiger partial charge in [0.1, 0.15) is 5.52 Å². The van der Waals surface area contributed by atoms with Gasteiger partial charge in [0.05, 0.1) is 10.6 Å². The Morgan fingerprint density at radius 1 is 1.05 bits per heavy atom. The molecule has 0 saturated carbocycles. The molecule has 0 aliphatic heterocycles. The molecule has 0 unspecified atom stereocenters. The van der Waals surface area contributed by atoms with Gasteiger partial charge in [-0.15, -0.1) is 10.2 Å². The van der Waals surface area contributed by atoms with E-state index in [1.165, 1.54) is 10.9 Å². The van der Waals surface area contributed by atoms with Crippen LogP contribution >= 0.6 is 0 Å². The second-order valence-electron chi connectivity index (χ2n) is 4.73. The molecule has 0 aliphatic rings. The SMILES string of the molecule is Cc1ccc(-n2nc3cc(C)cc([N+](=O)[O-])c3n2)cc1. The first-order valence-electron chi connectivity index (χ1n) is 6.14. The van der Waals surface area contributed by atoms with Gasteiger partial charge >= 0.3 is 0 Å². The minimum absolute atomic E-state index is 0.0154. The van der Waals surface area contributed by atoms with Gasteiger partial charge in [0, 0.05) is 6.07 Å². The number of nitro benzene ring substituents is 1. The van der Waals surface area contributed by atoms with E-state index in [-0.39, 0.29) is 5.69 Å². The van der Waals surface area contributed by atoms with Gasteiger partial charge in [0.15, 0.2) is 5.52 Å². The van der Waals surface area contributed by atoms with Crippen LogP contribution in [0.2, 0.25) is 0 Å². The molecule has 100 valence electrons. The molecule has 0 amide bonds. The summed E-state index contributed by atoms with van der Waals surface area (Å²) in [4.78, 5) is 12.1. The molecular weight excluding hydrogens is 256 g/mol. The molecule has 20 heavy (non-hydrogen) atoms. The molecule has 3 aromatic rings. The molecule has 1 heterocycles. The third-order valence-electron chi connectivity index (χ3n) is 3.07. The highest BCUT2D eigenvalue weighted by molar-refractivity contribution is 5.84. The van der Waals surface area contributed by atoms with Crippen LogP contribution in [0.5, 0.6) is 0 Å². The maximum Gasteiger partial charge on any atom is 0.299 e. The van der Waals surface area contributed by atoms with Crippen molar-refractivity contribution in [3.05, 3.63) is 57.6 Å². The molecule has 0 radical (unpaired) electrons. The summed E-state index contributed by atoms with van der Waals surface area (Å²) in [5.74, 6) is 0. The van der Waals surface area contributed by atoms with E-state index in [4.69, 9.17) is 0 Å². The Bertz CT molecular complexity index is 806. The summed E-state index contributed by atoms with van der Waals surface area (Å²) in [5, 5.41) is 19.6. The van der Waals surface area contributed by atoms with E-state index in [0.29, 0.717) is 11.0 Å². The van der Waals surface area contributed by atoms with Gasteiger partial charge in [0.25, 0.3) is 5.69 Å². The molecule has 0 aliphatic carbocycles. The zero-order valence-electron chi connectivity index (χ0n) is 11.1. The first-order valence-corrected chi connectivity index (χ1v) is 6.14. The second-order valence-corrected chi connectivity index (χ2v) is 4.73. The van der Waals surface area contributed by atoms with E-state index in [0.717, 1.165) is 16.8 Å². The number of non-ortho nitro benzene ring substituents is 1. The Kier molecular flexibility index (Phi) is 2.71. The molecule has 0 fully saturated rings. The Morgan fingerprint density at radius 2 is 1.75 bits per heavy atom. The Labute approximate surface area is 114 Å². The van der Waals surface area contributed by atoms with Crippen molar-refractivity contribution in [1.82, 2.24) is 15.0 Å². The molecule has 0 N–H and O–H groups in total. The second kappa shape index (κ2) is 4.41. The van der Waals surface area contributed by atoms with Crippen LogP contribution in [0.3, 0.4) is 0 Å². The molecule has 2 aromatic carbocycles. The quantitative estimate of drug-likeness (QED) is 0.529. The van der Waals surface area contributed by atoms with Gasteiger partial charge in [-0.1, -0.05) is 17.7 Å². The minimum Gasteiger partial charge on any atom is -0.258 e. The van der Waals surface area contributed by atoms with E-state index >= 15 is 0 Å². The van der Waals surface area contributed by atoms with Crippen LogP contribution in [0.1, 0.15) is 11.1 Å². The molecule has 3 rings (SSSR count). The molecular formula is C14H12N4O2. The smallest absolute Gasteiger partial charge is 0.258 e. The summed E-state index contributed by atoms with van der Waals surface area (Å²) in [5.41, 5.74) is 3.52. The first kappa shape index (κ1) is 12.3. The molecule has 0 saturated heterocycles. The Hall–Kier alpha value is -2.76. The highest BCUT2D eigenvalue weighted by atomic mass is 16.6. The molecule has 0 bridgehead atoms. The van der Waals surface area contributed by atoms with Gasteiger partial charge in [-0.2, -0.15) is 4.80 Å². The fraction of sp³-hybridized carbons (Fsp3) is 0.143. The predicted octanol–water partition coefficient (Wildman–Crippen LogP) is 2.95. The zero-order chi connectivity index (χ0) is 14.3. The van der Waals surface area contributed by atoms with Crippen LogP contribution in [-0.4, -0.2) is 19.9 Å². The number of rotatable bonds is 2. The number of nitro groups is 1. The summed E-state index contributed by atoms with van der Waals surface area (Å²) >= 11 is 0. The number of nitrogens with zero attached hydrogens (tertiary/aromatic N) is 4. The Balaban J connectivity index is 2.22. The average Bonchev–Trinajstić information content (AvgIpc) is 2.81. The van der Waals surface area contributed by atoms with Gasteiger partial charge in [-0.25, -0.2) is 0 Å². The van der Waals surface area contributed by atoms with E-state index in [9.17, 15) is 10.1 Å². The highest BCUT2D eigenvalue weighted by Gasteiger charge is 2.18. The summed E-state index contributed by atoms with van der Waals surface area (Å²) in [6.45, 7) is 3.79. The van der Waals surface area contributed by atoms with Crippen molar-refractivity contribution in [1.29, 1.82) is 0 Å². The number of aromatic nitrogens is 3. The number of hydrogen-bond donors (Lipinski definition) is 0. The van der Waals surface area contributed by atoms with Crippen molar-refractivity contribution in [2.24, 2.45) is 0 Å². The van der Waals surface area contributed by atoms with Gasteiger partial charge in [-0.05, 0) is 37.6 Å². The van der Waals surface area contributed by atoms with Gasteiger partial charge in [0.2, 0.25) is 0 Å². The largest absolute Gasteiger partial charge is 0.299 e. The number of fused-ring (bicyclic) bond motifs is 1. The van der Waals surface area contributed by atoms with Crippen molar-refractivity contribution in [3.63, 3.8) is 0 Å². The van der Waals surface area contributed by atoms with Crippen molar-refractivity contribution >= 4 is 16.7 Å². The molecule has 6 nitrogen and oxygen atoms in total. The monoisotopic (exact) mass is 268 g/mol. The van der Waals surface area contributed by atoms with Crippen LogP contribution in [-0.2, 0) is 0 Å².